The SMILES string of the molecule is [N-]=[N+]=NCC(O)C(O)c1cc(C=O)sc1[N+](=O)[O-]. The fourth-order valence-corrected chi connectivity index (χ4v) is 2.08. The summed E-state index contributed by atoms with van der Waals surface area (Å²) >= 11 is 0.596. The summed E-state index contributed by atoms with van der Waals surface area (Å²) < 4.78 is 0. The average molecular weight is 272 g/mol. The zero-order valence-corrected chi connectivity index (χ0v) is 9.65. The Morgan fingerprint density at radius 1 is 1.67 bits per heavy atom. The van der Waals surface area contributed by atoms with E-state index in [4.69, 9.17) is 5.53 Å². The second kappa shape index (κ2) is 6.07. The number of hydrogen-bond acceptors (Lipinski definition) is 7. The van der Waals surface area contributed by atoms with Gasteiger partial charge in [-0.2, -0.15) is 0 Å². The summed E-state index contributed by atoms with van der Waals surface area (Å²) in [5, 5.41) is 32.5. The van der Waals surface area contributed by atoms with Gasteiger partial charge in [0.1, 0.15) is 6.10 Å². The molecule has 0 radical (unpaired) electrons. The molecule has 1 rings (SSSR count). The summed E-state index contributed by atoms with van der Waals surface area (Å²) in [5.74, 6) is 0. The molecular weight excluding hydrogens is 264 g/mol. The molecule has 1 aromatic rings. The molecule has 9 nitrogen and oxygen atoms in total. The lowest BCUT2D eigenvalue weighted by molar-refractivity contribution is -0.381. The third-order valence-corrected chi connectivity index (χ3v) is 3.08. The minimum absolute atomic E-state index is 0.0618. The maximum absolute atomic E-state index is 10.7. The van der Waals surface area contributed by atoms with Crippen LogP contribution in [-0.2, 0) is 0 Å². The second-order valence-corrected chi connectivity index (χ2v) is 4.27. The first-order valence-corrected chi connectivity index (χ1v) is 5.43. The third-order valence-electron chi connectivity index (χ3n) is 2.06. The van der Waals surface area contributed by atoms with Crippen molar-refractivity contribution >= 4 is 22.6 Å². The van der Waals surface area contributed by atoms with E-state index >= 15 is 0 Å². The Kier molecular flexibility index (Phi) is 4.75. The van der Waals surface area contributed by atoms with E-state index < -0.39 is 28.7 Å². The van der Waals surface area contributed by atoms with Gasteiger partial charge in [0, 0.05) is 4.91 Å². The van der Waals surface area contributed by atoms with Crippen molar-refractivity contribution in [2.45, 2.75) is 12.2 Å². The first-order valence-electron chi connectivity index (χ1n) is 4.61. The van der Waals surface area contributed by atoms with Gasteiger partial charge < -0.3 is 10.2 Å². The summed E-state index contributed by atoms with van der Waals surface area (Å²) in [6.45, 7) is -0.429. The van der Waals surface area contributed by atoms with Gasteiger partial charge in [-0.25, -0.2) is 0 Å². The minimum atomic E-state index is -1.60. The van der Waals surface area contributed by atoms with Crippen molar-refractivity contribution in [3.05, 3.63) is 37.1 Å². The molecule has 2 N–H and O–H groups in total. The largest absolute Gasteiger partial charge is 0.390 e. The summed E-state index contributed by atoms with van der Waals surface area (Å²) in [6, 6.07) is 1.12. The van der Waals surface area contributed by atoms with Gasteiger partial charge in [0.25, 0.3) is 0 Å². The first-order chi connectivity index (χ1) is 8.51. The van der Waals surface area contributed by atoms with Crippen LogP contribution >= 0.6 is 11.3 Å². The number of aliphatic hydroxyl groups is 2. The molecule has 0 saturated carbocycles. The number of nitro groups is 1. The van der Waals surface area contributed by atoms with E-state index in [0.717, 1.165) is 6.07 Å². The number of carbonyl (C=O) groups excluding carboxylic acids is 1. The Morgan fingerprint density at radius 3 is 2.83 bits per heavy atom. The minimum Gasteiger partial charge on any atom is -0.390 e. The predicted octanol–water partition coefficient (Wildman–Crippen LogP) is 1.17. The fourth-order valence-electron chi connectivity index (χ4n) is 1.25. The normalized spacial score (nSPS) is 13.4. The van der Waals surface area contributed by atoms with Crippen LogP contribution in [-0.4, -0.2) is 34.1 Å². The van der Waals surface area contributed by atoms with Crippen molar-refractivity contribution < 1.29 is 19.9 Å². The van der Waals surface area contributed by atoms with Crippen molar-refractivity contribution in [3.8, 4) is 0 Å². The quantitative estimate of drug-likeness (QED) is 0.199. The van der Waals surface area contributed by atoms with Gasteiger partial charge >= 0.3 is 5.00 Å². The number of aldehydes is 1. The van der Waals surface area contributed by atoms with E-state index in [2.05, 4.69) is 10.0 Å². The monoisotopic (exact) mass is 272 g/mol. The Balaban J connectivity index is 3.06. The smallest absolute Gasteiger partial charge is 0.330 e. The van der Waals surface area contributed by atoms with Gasteiger partial charge in [0.2, 0.25) is 0 Å². The van der Waals surface area contributed by atoms with Crippen molar-refractivity contribution in [3.63, 3.8) is 0 Å². The van der Waals surface area contributed by atoms with E-state index in [1.54, 1.807) is 0 Å². The Morgan fingerprint density at radius 2 is 2.33 bits per heavy atom. The molecule has 0 aliphatic carbocycles. The van der Waals surface area contributed by atoms with Crippen LogP contribution < -0.4 is 0 Å². The van der Waals surface area contributed by atoms with E-state index in [0.29, 0.717) is 17.6 Å². The molecule has 1 heterocycles. The lowest BCUT2D eigenvalue weighted by atomic mass is 10.1. The molecule has 2 atom stereocenters. The Labute approximate surface area is 104 Å². The molecule has 96 valence electrons. The van der Waals surface area contributed by atoms with Gasteiger partial charge in [-0.05, 0) is 11.6 Å². The highest BCUT2D eigenvalue weighted by Crippen LogP contribution is 2.35. The van der Waals surface area contributed by atoms with Crippen LogP contribution in [0.5, 0.6) is 0 Å². The second-order valence-electron chi connectivity index (χ2n) is 3.21. The maximum atomic E-state index is 10.7. The van der Waals surface area contributed by atoms with Crippen LogP contribution in [0.4, 0.5) is 5.00 Å². The number of nitrogens with zero attached hydrogens (tertiary/aromatic N) is 4. The van der Waals surface area contributed by atoms with Gasteiger partial charge in [-0.3, -0.25) is 14.9 Å². The highest BCUT2D eigenvalue weighted by atomic mass is 32.1. The molecule has 0 aliphatic heterocycles. The first kappa shape index (κ1) is 14.1. The standard InChI is InChI=1S/C8H8N4O5S/c9-11-10-2-6(14)7(15)5-1-4(3-13)18-8(5)12(16)17/h1,3,6-7,14-15H,2H2. The number of thiophene rings is 1. The summed E-state index contributed by atoms with van der Waals surface area (Å²) in [7, 11) is 0. The summed E-state index contributed by atoms with van der Waals surface area (Å²) in [4.78, 5) is 23.0. The van der Waals surface area contributed by atoms with Crippen LogP contribution in [0.2, 0.25) is 0 Å². The van der Waals surface area contributed by atoms with Crippen LogP contribution in [0.15, 0.2) is 11.2 Å². The van der Waals surface area contributed by atoms with Crippen LogP contribution in [0.25, 0.3) is 10.4 Å². The number of hydrogen-bond donors (Lipinski definition) is 2. The van der Waals surface area contributed by atoms with Crippen LogP contribution in [0, 0.1) is 10.1 Å². The zero-order chi connectivity index (χ0) is 13.7. The van der Waals surface area contributed by atoms with Gasteiger partial charge in [-0.15, -0.1) is 0 Å². The van der Waals surface area contributed by atoms with Crippen molar-refractivity contribution in [2.24, 2.45) is 5.11 Å². The molecule has 10 heteroatoms. The number of carbonyl (C=O) groups is 1. The Hall–Kier alpha value is -2.00. The number of aliphatic hydroxyl groups excluding tert-OH is 2. The molecule has 0 saturated heterocycles. The fraction of sp³-hybridized carbons (Fsp3) is 0.375. The van der Waals surface area contributed by atoms with Crippen molar-refractivity contribution in [2.75, 3.05) is 6.54 Å². The van der Waals surface area contributed by atoms with Crippen molar-refractivity contribution in [1.29, 1.82) is 0 Å². The third kappa shape index (κ3) is 3.02. The highest BCUT2D eigenvalue weighted by Gasteiger charge is 2.29. The van der Waals surface area contributed by atoms with Gasteiger partial charge in [0.05, 0.1) is 28.0 Å². The van der Waals surface area contributed by atoms with E-state index in [-0.39, 0.29) is 10.4 Å². The average Bonchev–Trinajstić information content (AvgIpc) is 2.79. The van der Waals surface area contributed by atoms with E-state index in [1.165, 1.54) is 0 Å². The Bertz CT molecular complexity index is 510. The molecule has 18 heavy (non-hydrogen) atoms. The summed E-state index contributed by atoms with van der Waals surface area (Å²) in [5.41, 5.74) is 7.89. The van der Waals surface area contributed by atoms with E-state index in [9.17, 15) is 25.1 Å². The molecule has 0 fully saturated rings. The molecule has 0 aromatic carbocycles. The molecule has 0 bridgehead atoms. The summed E-state index contributed by atoms with van der Waals surface area (Å²) in [6.07, 6.45) is -2.66. The van der Waals surface area contributed by atoms with Gasteiger partial charge in [0.15, 0.2) is 6.29 Å². The predicted molar refractivity (Wildman–Crippen MR) is 61.3 cm³/mol. The molecule has 0 aliphatic rings. The molecule has 0 amide bonds. The van der Waals surface area contributed by atoms with E-state index in [1.807, 2.05) is 0 Å². The molecule has 0 spiro atoms. The zero-order valence-electron chi connectivity index (χ0n) is 8.83. The van der Waals surface area contributed by atoms with Crippen LogP contribution in [0.1, 0.15) is 21.3 Å². The molecular formula is C8H8N4O5S. The lowest BCUT2D eigenvalue weighted by Crippen LogP contribution is -2.21. The van der Waals surface area contributed by atoms with Gasteiger partial charge in [-0.1, -0.05) is 16.5 Å². The van der Waals surface area contributed by atoms with Crippen LogP contribution in [0.3, 0.4) is 0 Å². The molecule has 2 unspecified atom stereocenters. The lowest BCUT2D eigenvalue weighted by Gasteiger charge is -2.13. The highest BCUT2D eigenvalue weighted by molar-refractivity contribution is 7.17. The molecule has 1 aromatic heterocycles. The van der Waals surface area contributed by atoms with Crippen molar-refractivity contribution in [1.82, 2.24) is 0 Å². The maximum Gasteiger partial charge on any atom is 0.330 e. The number of rotatable bonds is 6. The topological polar surface area (TPSA) is 149 Å². The number of azide groups is 1.